The van der Waals surface area contributed by atoms with Crippen LogP contribution >= 0.6 is 0 Å². The van der Waals surface area contributed by atoms with Crippen molar-refractivity contribution in [1.82, 2.24) is 20.5 Å². The molecule has 7 nitrogen and oxygen atoms in total. The number of imidazole rings is 1. The van der Waals surface area contributed by atoms with Gasteiger partial charge >= 0.3 is 5.97 Å². The van der Waals surface area contributed by atoms with Gasteiger partial charge in [0, 0.05) is 12.8 Å². The summed E-state index contributed by atoms with van der Waals surface area (Å²) < 4.78 is 7.22. The summed E-state index contributed by atoms with van der Waals surface area (Å²) in [5.41, 5.74) is 13.1. The monoisotopic (exact) mass is 387 g/mol. The average Bonchev–Trinajstić information content (AvgIpc) is 3.31. The van der Waals surface area contributed by atoms with Crippen molar-refractivity contribution in [3.63, 3.8) is 0 Å². The Balaban J connectivity index is 1.64. The molecule has 0 atom stereocenters. The van der Waals surface area contributed by atoms with Gasteiger partial charge in [0.1, 0.15) is 6.33 Å². The Labute approximate surface area is 168 Å². The number of hydrogen-bond acceptors (Lipinski definition) is 6. The number of carbonyl (C=O) groups is 1. The van der Waals surface area contributed by atoms with Crippen molar-refractivity contribution in [2.75, 3.05) is 11.6 Å². The first-order chi connectivity index (χ1) is 14.3. The molecule has 0 aliphatic carbocycles. The van der Waals surface area contributed by atoms with Gasteiger partial charge in [-0.2, -0.15) is 0 Å². The summed E-state index contributed by atoms with van der Waals surface area (Å²) in [6.07, 6.45) is 3.00. The SMILES string of the molecule is CCOC(=O)c1ncn2c1CC1=C(Cc3ccccc3)NNN1c1ccccc1-2. The van der Waals surface area contributed by atoms with Crippen LogP contribution in [0.15, 0.2) is 72.3 Å². The molecular formula is C22H21N5O2. The van der Waals surface area contributed by atoms with Gasteiger partial charge in [0.05, 0.1) is 35.1 Å². The number of anilines is 1. The zero-order valence-electron chi connectivity index (χ0n) is 16.1. The van der Waals surface area contributed by atoms with Gasteiger partial charge in [0.25, 0.3) is 0 Å². The van der Waals surface area contributed by atoms with Crippen LogP contribution in [0.4, 0.5) is 5.69 Å². The number of hydrazine groups is 2. The predicted octanol–water partition coefficient (Wildman–Crippen LogP) is 2.89. The fraction of sp³-hybridized carbons (Fsp3) is 0.182. The number of para-hydroxylation sites is 2. The van der Waals surface area contributed by atoms with Crippen LogP contribution in [0.2, 0.25) is 0 Å². The number of nitrogens with zero attached hydrogens (tertiary/aromatic N) is 3. The van der Waals surface area contributed by atoms with Crippen LogP contribution < -0.4 is 16.0 Å². The lowest BCUT2D eigenvalue weighted by Crippen LogP contribution is -2.38. The first-order valence-corrected chi connectivity index (χ1v) is 9.66. The minimum atomic E-state index is -0.392. The molecule has 3 aromatic rings. The van der Waals surface area contributed by atoms with Crippen LogP contribution in [0.25, 0.3) is 5.69 Å². The van der Waals surface area contributed by atoms with E-state index in [1.807, 2.05) is 41.0 Å². The Bertz CT molecular complexity index is 1100. The van der Waals surface area contributed by atoms with Crippen molar-refractivity contribution in [3.05, 3.63) is 89.3 Å². The maximum atomic E-state index is 12.5. The van der Waals surface area contributed by atoms with Crippen LogP contribution in [-0.4, -0.2) is 22.1 Å². The highest BCUT2D eigenvalue weighted by Crippen LogP contribution is 2.36. The number of nitrogens with one attached hydrogen (secondary N) is 2. The number of hydrogen-bond donors (Lipinski definition) is 2. The Morgan fingerprint density at radius 3 is 2.66 bits per heavy atom. The Morgan fingerprint density at radius 1 is 1.10 bits per heavy atom. The quantitative estimate of drug-likeness (QED) is 0.671. The van der Waals surface area contributed by atoms with Gasteiger partial charge in [-0.3, -0.25) is 9.58 Å². The molecule has 0 fully saturated rings. The summed E-state index contributed by atoms with van der Waals surface area (Å²) in [5, 5.41) is 2.05. The Kier molecular flexibility index (Phi) is 4.29. The van der Waals surface area contributed by atoms with Crippen molar-refractivity contribution in [2.45, 2.75) is 19.8 Å². The van der Waals surface area contributed by atoms with E-state index in [1.165, 1.54) is 5.56 Å². The topological polar surface area (TPSA) is 71.4 Å². The van der Waals surface area contributed by atoms with E-state index in [4.69, 9.17) is 4.74 Å². The zero-order valence-corrected chi connectivity index (χ0v) is 16.1. The predicted molar refractivity (Wildman–Crippen MR) is 109 cm³/mol. The molecule has 7 heteroatoms. The lowest BCUT2D eigenvalue weighted by Gasteiger charge is -2.20. The molecule has 146 valence electrons. The molecule has 0 saturated heterocycles. The minimum absolute atomic E-state index is 0.318. The van der Waals surface area contributed by atoms with Gasteiger partial charge in [0.15, 0.2) is 5.69 Å². The highest BCUT2D eigenvalue weighted by atomic mass is 16.5. The molecule has 2 N–H and O–H groups in total. The van der Waals surface area contributed by atoms with Crippen molar-refractivity contribution in [3.8, 4) is 5.69 Å². The van der Waals surface area contributed by atoms with E-state index in [0.717, 1.165) is 34.9 Å². The lowest BCUT2D eigenvalue weighted by molar-refractivity contribution is 0.0519. The third kappa shape index (κ3) is 2.96. The second-order valence-corrected chi connectivity index (χ2v) is 6.96. The molecule has 29 heavy (non-hydrogen) atoms. The third-order valence-corrected chi connectivity index (χ3v) is 5.21. The fourth-order valence-electron chi connectivity index (χ4n) is 3.87. The maximum absolute atomic E-state index is 12.5. The Hall–Kier alpha value is -3.58. The molecule has 3 heterocycles. The molecular weight excluding hydrogens is 366 g/mol. The van der Waals surface area contributed by atoms with Crippen LogP contribution in [0.5, 0.6) is 0 Å². The standard InChI is InChI=1S/C22H21N5O2/c1-2-29-22(28)21-20-13-19-16(12-15-8-4-3-5-9-15)24-25-27(19)18-11-7-6-10-17(18)26(20)14-23-21/h3-11,14,24-25H,2,12-13H2,1H3. The summed E-state index contributed by atoms with van der Waals surface area (Å²) in [5.74, 6) is -0.392. The molecule has 2 aromatic carbocycles. The van der Waals surface area contributed by atoms with E-state index in [9.17, 15) is 4.79 Å². The van der Waals surface area contributed by atoms with E-state index in [2.05, 4.69) is 39.2 Å². The molecule has 0 spiro atoms. The van der Waals surface area contributed by atoms with E-state index in [0.29, 0.717) is 18.7 Å². The molecule has 0 amide bonds. The van der Waals surface area contributed by atoms with Crippen molar-refractivity contribution < 1.29 is 9.53 Å². The number of ether oxygens (including phenoxy) is 1. The van der Waals surface area contributed by atoms with Gasteiger partial charge < -0.3 is 10.2 Å². The van der Waals surface area contributed by atoms with Crippen LogP contribution in [-0.2, 0) is 17.6 Å². The van der Waals surface area contributed by atoms with E-state index in [-0.39, 0.29) is 0 Å². The van der Waals surface area contributed by atoms with Crippen LogP contribution in [0, 0.1) is 0 Å². The maximum Gasteiger partial charge on any atom is 0.358 e. The first-order valence-electron chi connectivity index (χ1n) is 9.66. The number of esters is 1. The zero-order chi connectivity index (χ0) is 19.8. The minimum Gasteiger partial charge on any atom is -0.461 e. The van der Waals surface area contributed by atoms with Crippen molar-refractivity contribution >= 4 is 11.7 Å². The smallest absolute Gasteiger partial charge is 0.358 e. The number of benzene rings is 2. The number of aromatic nitrogens is 2. The average molecular weight is 387 g/mol. The first kappa shape index (κ1) is 17.5. The summed E-state index contributed by atoms with van der Waals surface area (Å²) in [6, 6.07) is 18.4. The molecule has 1 aromatic heterocycles. The van der Waals surface area contributed by atoms with Gasteiger partial charge in [-0.25, -0.2) is 9.78 Å². The van der Waals surface area contributed by atoms with Crippen LogP contribution in [0.3, 0.4) is 0 Å². The highest BCUT2D eigenvalue weighted by molar-refractivity contribution is 5.89. The van der Waals surface area contributed by atoms with Gasteiger partial charge in [-0.15, -0.1) is 5.53 Å². The molecule has 0 bridgehead atoms. The van der Waals surface area contributed by atoms with Crippen molar-refractivity contribution in [2.24, 2.45) is 0 Å². The summed E-state index contributed by atoms with van der Waals surface area (Å²) in [7, 11) is 0. The fourth-order valence-corrected chi connectivity index (χ4v) is 3.87. The largest absolute Gasteiger partial charge is 0.461 e. The van der Waals surface area contributed by atoms with Gasteiger partial charge in [-0.1, -0.05) is 42.5 Å². The molecule has 0 saturated carbocycles. The van der Waals surface area contributed by atoms with E-state index < -0.39 is 5.97 Å². The second kappa shape index (κ2) is 7.10. The van der Waals surface area contributed by atoms with Crippen LogP contribution in [0.1, 0.15) is 28.7 Å². The second-order valence-electron chi connectivity index (χ2n) is 6.96. The van der Waals surface area contributed by atoms with Crippen molar-refractivity contribution in [1.29, 1.82) is 0 Å². The third-order valence-electron chi connectivity index (χ3n) is 5.21. The molecule has 5 rings (SSSR count). The highest BCUT2D eigenvalue weighted by Gasteiger charge is 2.33. The normalized spacial score (nSPS) is 14.6. The Morgan fingerprint density at radius 2 is 1.86 bits per heavy atom. The molecule has 2 aliphatic heterocycles. The number of fused-ring (bicyclic) bond motifs is 5. The van der Waals surface area contributed by atoms with Gasteiger partial charge in [0.2, 0.25) is 0 Å². The number of carbonyl (C=O) groups excluding carboxylic acids is 1. The molecule has 2 aliphatic rings. The van der Waals surface area contributed by atoms with Gasteiger partial charge in [-0.05, 0) is 24.6 Å². The summed E-state index contributed by atoms with van der Waals surface area (Å²) >= 11 is 0. The molecule has 0 radical (unpaired) electrons. The number of rotatable bonds is 4. The summed E-state index contributed by atoms with van der Waals surface area (Å²) in [4.78, 5) is 16.9. The summed E-state index contributed by atoms with van der Waals surface area (Å²) in [6.45, 7) is 2.12. The van der Waals surface area contributed by atoms with E-state index >= 15 is 0 Å². The van der Waals surface area contributed by atoms with E-state index in [1.54, 1.807) is 13.3 Å². The number of allylic oxidation sites excluding steroid dienone is 2. The molecule has 0 unspecified atom stereocenters. The lowest BCUT2D eigenvalue weighted by atomic mass is 10.1.